The fourth-order valence-corrected chi connectivity index (χ4v) is 2.24. The Labute approximate surface area is 96.6 Å². The summed E-state index contributed by atoms with van der Waals surface area (Å²) in [6.45, 7) is 7.36. The highest BCUT2D eigenvalue weighted by Gasteiger charge is 2.16. The molecule has 0 spiro atoms. The van der Waals surface area contributed by atoms with Gasteiger partial charge < -0.3 is 4.90 Å². The van der Waals surface area contributed by atoms with Crippen LogP contribution in [0.1, 0.15) is 29.3 Å². The van der Waals surface area contributed by atoms with Gasteiger partial charge in [0.15, 0.2) is 5.78 Å². The molecule has 0 amide bonds. The summed E-state index contributed by atoms with van der Waals surface area (Å²) in [4.78, 5) is 13.6. The second-order valence-corrected chi connectivity index (χ2v) is 4.24. The maximum atomic E-state index is 11.3. The maximum Gasteiger partial charge on any atom is 0.159 e. The topological polar surface area (TPSA) is 20.3 Å². The van der Waals surface area contributed by atoms with E-state index < -0.39 is 0 Å². The van der Waals surface area contributed by atoms with Crippen molar-refractivity contribution in [2.75, 3.05) is 18.0 Å². The van der Waals surface area contributed by atoms with Gasteiger partial charge in [-0.3, -0.25) is 4.79 Å². The van der Waals surface area contributed by atoms with Crippen molar-refractivity contribution in [3.63, 3.8) is 0 Å². The van der Waals surface area contributed by atoms with E-state index >= 15 is 0 Å². The molecule has 0 atom stereocenters. The second kappa shape index (κ2) is 4.52. The van der Waals surface area contributed by atoms with Gasteiger partial charge in [0.25, 0.3) is 0 Å². The number of carbonyl (C=O) groups is 1. The highest BCUT2D eigenvalue weighted by Crippen LogP contribution is 2.27. The first-order chi connectivity index (χ1) is 7.72. The maximum absolute atomic E-state index is 11.3. The number of Topliss-reactive ketones (excluding diaryl/α,β-unsaturated/α-hetero) is 1. The van der Waals surface area contributed by atoms with Gasteiger partial charge in [0.05, 0.1) is 0 Å². The molecule has 0 aromatic heterocycles. The molecule has 0 saturated carbocycles. The monoisotopic (exact) mass is 215 g/mol. The SMILES string of the molecule is C=CCN1CCCc2cc(C(C)=O)ccc21. The zero-order chi connectivity index (χ0) is 11.5. The van der Waals surface area contributed by atoms with Gasteiger partial charge in [-0.2, -0.15) is 0 Å². The van der Waals surface area contributed by atoms with Gasteiger partial charge in [-0.15, -0.1) is 6.58 Å². The average molecular weight is 215 g/mol. The van der Waals surface area contributed by atoms with E-state index in [0.29, 0.717) is 0 Å². The third-order valence-corrected chi connectivity index (χ3v) is 3.05. The number of nitrogens with zero attached hydrogens (tertiary/aromatic N) is 1. The van der Waals surface area contributed by atoms with Gasteiger partial charge in [-0.1, -0.05) is 6.08 Å². The second-order valence-electron chi connectivity index (χ2n) is 4.24. The molecule has 0 unspecified atom stereocenters. The molecule has 0 saturated heterocycles. The number of rotatable bonds is 3. The van der Waals surface area contributed by atoms with Gasteiger partial charge in [0.1, 0.15) is 0 Å². The van der Waals surface area contributed by atoms with E-state index in [1.807, 2.05) is 18.2 Å². The van der Waals surface area contributed by atoms with Crippen LogP contribution in [0.5, 0.6) is 0 Å². The molecule has 1 aromatic carbocycles. The third-order valence-electron chi connectivity index (χ3n) is 3.05. The van der Waals surface area contributed by atoms with Gasteiger partial charge in [0.2, 0.25) is 0 Å². The average Bonchev–Trinajstić information content (AvgIpc) is 2.29. The van der Waals surface area contributed by atoms with Gasteiger partial charge in [-0.25, -0.2) is 0 Å². The van der Waals surface area contributed by atoms with E-state index in [1.165, 1.54) is 11.3 Å². The molecule has 2 rings (SSSR count). The Balaban J connectivity index is 2.36. The summed E-state index contributed by atoms with van der Waals surface area (Å²) in [7, 11) is 0. The van der Waals surface area contributed by atoms with Gasteiger partial charge in [0, 0.05) is 24.3 Å². The van der Waals surface area contributed by atoms with Crippen LogP contribution in [0.2, 0.25) is 0 Å². The molecule has 0 N–H and O–H groups in total. The summed E-state index contributed by atoms with van der Waals surface area (Å²) in [5, 5.41) is 0. The Hall–Kier alpha value is -1.57. The predicted molar refractivity (Wildman–Crippen MR) is 67.2 cm³/mol. The lowest BCUT2D eigenvalue weighted by atomic mass is 9.98. The van der Waals surface area contributed by atoms with E-state index in [9.17, 15) is 4.79 Å². The molecule has 1 heterocycles. The van der Waals surface area contributed by atoms with Crippen molar-refractivity contribution in [1.82, 2.24) is 0 Å². The molecule has 0 aliphatic carbocycles. The first-order valence-electron chi connectivity index (χ1n) is 5.72. The molecule has 2 nitrogen and oxygen atoms in total. The quantitative estimate of drug-likeness (QED) is 0.571. The minimum absolute atomic E-state index is 0.142. The van der Waals surface area contributed by atoms with Crippen molar-refractivity contribution in [2.24, 2.45) is 0 Å². The van der Waals surface area contributed by atoms with Crippen LogP contribution in [0.3, 0.4) is 0 Å². The van der Waals surface area contributed by atoms with Crippen LogP contribution >= 0.6 is 0 Å². The number of ketones is 1. The molecule has 84 valence electrons. The number of hydrogen-bond donors (Lipinski definition) is 0. The van der Waals surface area contributed by atoms with Gasteiger partial charge in [-0.05, 0) is 43.5 Å². The van der Waals surface area contributed by atoms with Crippen molar-refractivity contribution in [3.05, 3.63) is 42.0 Å². The van der Waals surface area contributed by atoms with E-state index in [-0.39, 0.29) is 5.78 Å². The molecule has 1 aliphatic heterocycles. The van der Waals surface area contributed by atoms with Crippen molar-refractivity contribution < 1.29 is 4.79 Å². The zero-order valence-corrected chi connectivity index (χ0v) is 9.70. The Kier molecular flexibility index (Phi) is 3.09. The standard InChI is InChI=1S/C14H17NO/c1-3-8-15-9-4-5-13-10-12(11(2)16)6-7-14(13)15/h3,6-7,10H,1,4-5,8-9H2,2H3. The fraction of sp³-hybridized carbons (Fsp3) is 0.357. The first kappa shape index (κ1) is 10.9. The molecular formula is C14H17NO. The minimum atomic E-state index is 0.142. The lowest BCUT2D eigenvalue weighted by molar-refractivity contribution is 0.101. The van der Waals surface area contributed by atoms with Crippen molar-refractivity contribution >= 4 is 11.5 Å². The predicted octanol–water partition coefficient (Wildman–Crippen LogP) is 2.83. The molecule has 16 heavy (non-hydrogen) atoms. The van der Waals surface area contributed by atoms with Crippen LogP contribution < -0.4 is 4.90 Å². The summed E-state index contributed by atoms with van der Waals surface area (Å²) in [5.41, 5.74) is 3.37. The van der Waals surface area contributed by atoms with Crippen LogP contribution in [-0.4, -0.2) is 18.9 Å². The number of anilines is 1. The summed E-state index contributed by atoms with van der Waals surface area (Å²) >= 11 is 0. The molecule has 1 aromatic rings. The van der Waals surface area contributed by atoms with Crippen LogP contribution in [-0.2, 0) is 6.42 Å². The van der Waals surface area contributed by atoms with Crippen molar-refractivity contribution in [1.29, 1.82) is 0 Å². The van der Waals surface area contributed by atoms with E-state index in [2.05, 4.69) is 17.5 Å². The highest BCUT2D eigenvalue weighted by molar-refractivity contribution is 5.94. The van der Waals surface area contributed by atoms with Crippen LogP contribution in [0.15, 0.2) is 30.9 Å². The zero-order valence-electron chi connectivity index (χ0n) is 9.70. The smallest absolute Gasteiger partial charge is 0.159 e. The Morgan fingerprint density at radius 3 is 3.06 bits per heavy atom. The molecule has 1 aliphatic rings. The van der Waals surface area contributed by atoms with Crippen LogP contribution in [0, 0.1) is 0 Å². The molecule has 0 fully saturated rings. The fourth-order valence-electron chi connectivity index (χ4n) is 2.24. The Morgan fingerprint density at radius 2 is 2.38 bits per heavy atom. The number of benzene rings is 1. The minimum Gasteiger partial charge on any atom is -0.368 e. The normalized spacial score (nSPS) is 14.4. The molecule has 2 heteroatoms. The summed E-state index contributed by atoms with van der Waals surface area (Å²) in [6, 6.07) is 6.02. The van der Waals surface area contributed by atoms with E-state index in [1.54, 1.807) is 6.92 Å². The highest BCUT2D eigenvalue weighted by atomic mass is 16.1. The molecule has 0 bridgehead atoms. The number of hydrogen-bond acceptors (Lipinski definition) is 2. The van der Waals surface area contributed by atoms with Crippen LogP contribution in [0.25, 0.3) is 0 Å². The molecular weight excluding hydrogens is 198 g/mol. The summed E-state index contributed by atoms with van der Waals surface area (Å²) in [5.74, 6) is 0.142. The summed E-state index contributed by atoms with van der Waals surface area (Å²) < 4.78 is 0. The van der Waals surface area contributed by atoms with Gasteiger partial charge >= 0.3 is 0 Å². The lowest BCUT2D eigenvalue weighted by Crippen LogP contribution is -2.29. The number of carbonyl (C=O) groups excluding carboxylic acids is 1. The van der Waals surface area contributed by atoms with E-state index in [0.717, 1.165) is 31.5 Å². The number of aryl methyl sites for hydroxylation is 1. The number of fused-ring (bicyclic) bond motifs is 1. The first-order valence-corrected chi connectivity index (χ1v) is 5.72. The summed E-state index contributed by atoms with van der Waals surface area (Å²) in [6.07, 6.45) is 4.15. The largest absolute Gasteiger partial charge is 0.368 e. The molecule has 0 radical (unpaired) electrons. The van der Waals surface area contributed by atoms with Crippen molar-refractivity contribution in [2.45, 2.75) is 19.8 Å². The third kappa shape index (κ3) is 2.01. The van der Waals surface area contributed by atoms with E-state index in [4.69, 9.17) is 0 Å². The van der Waals surface area contributed by atoms with Crippen LogP contribution in [0.4, 0.5) is 5.69 Å². The Morgan fingerprint density at radius 1 is 1.56 bits per heavy atom. The Bertz CT molecular complexity index is 423. The van der Waals surface area contributed by atoms with Crippen molar-refractivity contribution in [3.8, 4) is 0 Å². The lowest BCUT2D eigenvalue weighted by Gasteiger charge is -2.30.